The second-order valence-corrected chi connectivity index (χ2v) is 6.16. The number of likely N-dealkylation sites (tertiary alicyclic amines) is 2. The average Bonchev–Trinajstić information content (AvgIpc) is 3.05. The Morgan fingerprint density at radius 2 is 1.76 bits per heavy atom. The van der Waals surface area contributed by atoms with E-state index in [0.717, 1.165) is 32.6 Å². The molecule has 3 fully saturated rings. The van der Waals surface area contributed by atoms with Crippen LogP contribution in [0.3, 0.4) is 0 Å². The van der Waals surface area contributed by atoms with Crippen molar-refractivity contribution in [2.45, 2.75) is 32.6 Å². The third kappa shape index (κ3) is 1.94. The summed E-state index contributed by atoms with van der Waals surface area (Å²) in [5.41, 5.74) is 0.436. The summed E-state index contributed by atoms with van der Waals surface area (Å²) >= 11 is 0. The second kappa shape index (κ2) is 3.72. The number of hydrogen-bond donors (Lipinski definition) is 0. The molecule has 1 saturated carbocycles. The predicted octanol–water partition coefficient (Wildman–Crippen LogP) is 0.867. The van der Waals surface area contributed by atoms with Crippen LogP contribution in [0.2, 0.25) is 0 Å². The van der Waals surface area contributed by atoms with E-state index >= 15 is 0 Å². The van der Waals surface area contributed by atoms with Crippen LogP contribution in [-0.2, 0) is 9.59 Å². The molecule has 1 atom stereocenters. The summed E-state index contributed by atoms with van der Waals surface area (Å²) in [5, 5.41) is 0. The molecule has 0 aromatic carbocycles. The van der Waals surface area contributed by atoms with E-state index in [1.807, 2.05) is 0 Å². The fraction of sp³-hybridized carbons (Fsp3) is 0.846. The van der Waals surface area contributed by atoms with Gasteiger partial charge in [-0.3, -0.25) is 9.59 Å². The minimum atomic E-state index is -0.271. The van der Waals surface area contributed by atoms with Crippen LogP contribution in [-0.4, -0.2) is 47.8 Å². The van der Waals surface area contributed by atoms with Crippen LogP contribution < -0.4 is 0 Å². The number of carbonyl (C=O) groups is 2. The summed E-state index contributed by atoms with van der Waals surface area (Å²) < 4.78 is 0. The van der Waals surface area contributed by atoms with Gasteiger partial charge in [0.05, 0.1) is 0 Å². The largest absolute Gasteiger partial charge is 0.334 e. The molecule has 0 N–H and O–H groups in total. The minimum Gasteiger partial charge on any atom is -0.334 e. The van der Waals surface area contributed by atoms with Crippen molar-refractivity contribution < 1.29 is 9.59 Å². The van der Waals surface area contributed by atoms with Crippen LogP contribution >= 0.6 is 0 Å². The summed E-state index contributed by atoms with van der Waals surface area (Å²) in [6.07, 6.45) is 4.69. The Balaban J connectivity index is 1.56. The van der Waals surface area contributed by atoms with Gasteiger partial charge in [-0.2, -0.15) is 0 Å². The van der Waals surface area contributed by atoms with Gasteiger partial charge in [-0.05, 0) is 31.6 Å². The molecule has 1 aliphatic carbocycles. The van der Waals surface area contributed by atoms with Crippen LogP contribution in [0.4, 0.5) is 0 Å². The Kier molecular flexibility index (Phi) is 2.42. The molecular weight excluding hydrogens is 216 g/mol. The van der Waals surface area contributed by atoms with Gasteiger partial charge in [0, 0.05) is 31.6 Å². The maximum Gasteiger partial charge on any atom is 0.312 e. The first-order valence-corrected chi connectivity index (χ1v) is 6.68. The van der Waals surface area contributed by atoms with Gasteiger partial charge in [-0.25, -0.2) is 0 Å². The van der Waals surface area contributed by atoms with Crippen LogP contribution in [0.25, 0.3) is 0 Å². The zero-order chi connectivity index (χ0) is 12.0. The molecule has 2 saturated heterocycles. The molecule has 0 unspecified atom stereocenters. The number of hydrogen-bond acceptors (Lipinski definition) is 2. The van der Waals surface area contributed by atoms with Crippen molar-refractivity contribution in [2.24, 2.45) is 11.3 Å². The highest BCUT2D eigenvalue weighted by Gasteiger charge is 2.54. The number of rotatable bonds is 0. The highest BCUT2D eigenvalue weighted by molar-refractivity contribution is 6.35. The fourth-order valence-electron chi connectivity index (χ4n) is 3.04. The van der Waals surface area contributed by atoms with Crippen molar-refractivity contribution in [3.05, 3.63) is 0 Å². The van der Waals surface area contributed by atoms with Crippen molar-refractivity contribution >= 4 is 11.8 Å². The highest BCUT2D eigenvalue weighted by Crippen LogP contribution is 2.52. The average molecular weight is 236 g/mol. The summed E-state index contributed by atoms with van der Waals surface area (Å²) in [6, 6.07) is 0. The third-order valence-electron chi connectivity index (χ3n) is 4.42. The first kappa shape index (κ1) is 11.1. The number of carbonyl (C=O) groups excluding carboxylic acids is 2. The molecule has 4 nitrogen and oxygen atoms in total. The van der Waals surface area contributed by atoms with E-state index in [2.05, 4.69) is 6.92 Å². The molecule has 0 radical (unpaired) electrons. The van der Waals surface area contributed by atoms with E-state index in [-0.39, 0.29) is 11.8 Å². The van der Waals surface area contributed by atoms with Gasteiger partial charge in [-0.1, -0.05) is 6.92 Å². The Hall–Kier alpha value is -1.06. The van der Waals surface area contributed by atoms with Gasteiger partial charge < -0.3 is 9.80 Å². The zero-order valence-corrected chi connectivity index (χ0v) is 10.4. The van der Waals surface area contributed by atoms with Gasteiger partial charge in [0.2, 0.25) is 0 Å². The molecular formula is C13H20N2O2. The van der Waals surface area contributed by atoms with Gasteiger partial charge in [0.25, 0.3) is 0 Å². The highest BCUT2D eigenvalue weighted by atomic mass is 16.2. The Morgan fingerprint density at radius 1 is 1.12 bits per heavy atom. The Morgan fingerprint density at radius 3 is 2.35 bits per heavy atom. The van der Waals surface area contributed by atoms with Crippen molar-refractivity contribution in [3.8, 4) is 0 Å². The standard InChI is InChI=1S/C13H20N2O2/c1-10-3-2-6-14(7-10)11(16)12(17)15-8-13(9-15)4-5-13/h10H,2-9H2,1H3/t10-/m0/s1. The molecule has 0 bridgehead atoms. The molecule has 3 aliphatic rings. The first-order valence-electron chi connectivity index (χ1n) is 6.68. The lowest BCUT2D eigenvalue weighted by Crippen LogP contribution is -2.57. The van der Waals surface area contributed by atoms with E-state index in [1.54, 1.807) is 9.80 Å². The van der Waals surface area contributed by atoms with E-state index in [4.69, 9.17) is 0 Å². The maximum atomic E-state index is 12.0. The smallest absolute Gasteiger partial charge is 0.312 e. The van der Waals surface area contributed by atoms with Crippen LogP contribution in [0, 0.1) is 11.3 Å². The molecule has 1 spiro atoms. The van der Waals surface area contributed by atoms with Gasteiger partial charge in [0.15, 0.2) is 0 Å². The molecule has 0 aromatic rings. The number of piperidine rings is 1. The lowest BCUT2D eigenvalue weighted by atomic mass is 9.96. The molecule has 2 heterocycles. The van der Waals surface area contributed by atoms with Crippen molar-refractivity contribution in [1.29, 1.82) is 0 Å². The molecule has 4 heteroatoms. The van der Waals surface area contributed by atoms with Gasteiger partial charge >= 0.3 is 11.8 Å². The summed E-state index contributed by atoms with van der Waals surface area (Å²) in [5.74, 6) is -0.00431. The van der Waals surface area contributed by atoms with Gasteiger partial charge in [0.1, 0.15) is 0 Å². The quantitative estimate of drug-likeness (QED) is 0.585. The molecule has 2 aliphatic heterocycles. The Labute approximate surface area is 102 Å². The fourth-order valence-corrected chi connectivity index (χ4v) is 3.04. The monoisotopic (exact) mass is 236 g/mol. The molecule has 94 valence electrons. The van der Waals surface area contributed by atoms with Crippen LogP contribution in [0.5, 0.6) is 0 Å². The predicted molar refractivity (Wildman–Crippen MR) is 63.2 cm³/mol. The molecule has 3 rings (SSSR count). The summed E-state index contributed by atoms with van der Waals surface area (Å²) in [4.78, 5) is 27.5. The SMILES string of the molecule is C[C@H]1CCCN(C(=O)C(=O)N2CC3(CC3)C2)C1. The van der Waals surface area contributed by atoms with E-state index in [0.29, 0.717) is 11.3 Å². The summed E-state index contributed by atoms with van der Waals surface area (Å²) in [6.45, 7) is 5.30. The normalized spacial score (nSPS) is 30.1. The summed E-state index contributed by atoms with van der Waals surface area (Å²) in [7, 11) is 0. The molecule has 0 aromatic heterocycles. The first-order chi connectivity index (χ1) is 8.10. The topological polar surface area (TPSA) is 40.6 Å². The van der Waals surface area contributed by atoms with Crippen molar-refractivity contribution in [2.75, 3.05) is 26.2 Å². The Bertz CT molecular complexity index is 354. The zero-order valence-electron chi connectivity index (χ0n) is 10.4. The van der Waals surface area contributed by atoms with Crippen LogP contribution in [0.15, 0.2) is 0 Å². The number of amides is 2. The van der Waals surface area contributed by atoms with E-state index in [9.17, 15) is 9.59 Å². The lowest BCUT2D eigenvalue weighted by Gasteiger charge is -2.41. The molecule has 17 heavy (non-hydrogen) atoms. The van der Waals surface area contributed by atoms with E-state index < -0.39 is 0 Å². The van der Waals surface area contributed by atoms with Crippen molar-refractivity contribution in [3.63, 3.8) is 0 Å². The minimum absolute atomic E-state index is 0.267. The third-order valence-corrected chi connectivity index (χ3v) is 4.42. The van der Waals surface area contributed by atoms with E-state index in [1.165, 1.54) is 19.3 Å². The lowest BCUT2D eigenvalue weighted by molar-refractivity contribution is -0.157. The molecule has 2 amide bonds. The second-order valence-electron chi connectivity index (χ2n) is 6.16. The van der Waals surface area contributed by atoms with Crippen molar-refractivity contribution in [1.82, 2.24) is 9.80 Å². The number of nitrogens with zero attached hydrogens (tertiary/aromatic N) is 2. The van der Waals surface area contributed by atoms with Crippen LogP contribution in [0.1, 0.15) is 32.6 Å². The van der Waals surface area contributed by atoms with Gasteiger partial charge in [-0.15, -0.1) is 0 Å². The maximum absolute atomic E-state index is 12.0.